The van der Waals surface area contributed by atoms with Gasteiger partial charge < -0.3 is 4.74 Å². The highest BCUT2D eigenvalue weighted by molar-refractivity contribution is 6.30. The summed E-state index contributed by atoms with van der Waals surface area (Å²) in [7, 11) is 0. The normalized spacial score (nSPS) is 10.5. The van der Waals surface area contributed by atoms with Gasteiger partial charge in [-0.2, -0.15) is 0 Å². The zero-order valence-corrected chi connectivity index (χ0v) is 13.2. The van der Waals surface area contributed by atoms with Crippen LogP contribution in [0, 0.1) is 6.92 Å². The van der Waals surface area contributed by atoms with Crippen molar-refractivity contribution >= 4 is 17.6 Å². The lowest BCUT2D eigenvalue weighted by Gasteiger charge is -2.12. The van der Waals surface area contributed by atoms with E-state index in [2.05, 4.69) is 4.98 Å². The van der Waals surface area contributed by atoms with Crippen LogP contribution in [0.3, 0.4) is 0 Å². The van der Waals surface area contributed by atoms with Crippen LogP contribution >= 0.6 is 11.6 Å². The molecule has 1 aromatic carbocycles. The number of pyridine rings is 1. The summed E-state index contributed by atoms with van der Waals surface area (Å²) in [4.78, 5) is 16.6. The van der Waals surface area contributed by atoms with Gasteiger partial charge in [0.1, 0.15) is 0 Å². The van der Waals surface area contributed by atoms with Gasteiger partial charge in [-0.1, -0.05) is 30.7 Å². The molecule has 1 heterocycles. The van der Waals surface area contributed by atoms with E-state index < -0.39 is 0 Å². The Morgan fingerprint density at radius 1 is 1.29 bits per heavy atom. The summed E-state index contributed by atoms with van der Waals surface area (Å²) in [5, 5.41) is 0.668. The lowest BCUT2D eigenvalue weighted by atomic mass is 10.0. The van der Waals surface area contributed by atoms with E-state index in [1.807, 2.05) is 44.2 Å². The van der Waals surface area contributed by atoms with Crippen LogP contribution in [-0.2, 0) is 11.2 Å². The summed E-state index contributed by atoms with van der Waals surface area (Å²) >= 11 is 6.04. The third-order valence-electron chi connectivity index (χ3n) is 3.22. The number of nitrogens with zero attached hydrogens (tertiary/aromatic N) is 1. The lowest BCUT2D eigenvalue weighted by Crippen LogP contribution is -2.11. The molecule has 0 amide bonds. The maximum atomic E-state index is 12.0. The van der Waals surface area contributed by atoms with Gasteiger partial charge in [0.05, 0.1) is 23.6 Å². The van der Waals surface area contributed by atoms with Gasteiger partial charge in [0.15, 0.2) is 0 Å². The zero-order chi connectivity index (χ0) is 15.4. The van der Waals surface area contributed by atoms with Gasteiger partial charge >= 0.3 is 5.97 Å². The standard InChI is InChI=1S/C17H18ClNO2/c1-4-15-14(17(20)21-5-2)9-11(3)16(19-15)12-7-6-8-13(18)10-12/h6-10H,4-5H2,1-3H3. The summed E-state index contributed by atoms with van der Waals surface area (Å²) in [6, 6.07) is 9.41. The van der Waals surface area contributed by atoms with Gasteiger partial charge in [-0.05, 0) is 44.0 Å². The molecule has 110 valence electrons. The molecule has 0 spiro atoms. The Balaban J connectivity index is 2.53. The van der Waals surface area contributed by atoms with Crippen molar-refractivity contribution in [3.63, 3.8) is 0 Å². The lowest BCUT2D eigenvalue weighted by molar-refractivity contribution is 0.0524. The van der Waals surface area contributed by atoms with Gasteiger partial charge in [0.25, 0.3) is 0 Å². The molecule has 0 aliphatic carbocycles. The number of rotatable bonds is 4. The number of carbonyl (C=O) groups excluding carboxylic acids is 1. The molecule has 0 fully saturated rings. The Morgan fingerprint density at radius 3 is 2.67 bits per heavy atom. The average Bonchev–Trinajstić information content (AvgIpc) is 2.47. The quantitative estimate of drug-likeness (QED) is 0.783. The molecule has 0 atom stereocenters. The minimum Gasteiger partial charge on any atom is -0.462 e. The second kappa shape index (κ2) is 6.72. The molecule has 0 bridgehead atoms. The first-order chi connectivity index (χ1) is 10.1. The third kappa shape index (κ3) is 3.42. The van der Waals surface area contributed by atoms with Crippen molar-refractivity contribution in [1.29, 1.82) is 0 Å². The Bertz CT molecular complexity index is 668. The van der Waals surface area contributed by atoms with Crippen molar-refractivity contribution in [3.8, 4) is 11.3 Å². The first kappa shape index (κ1) is 15.5. The SMILES string of the molecule is CCOC(=O)c1cc(C)c(-c2cccc(Cl)c2)nc1CC. The molecule has 2 rings (SSSR count). The molecule has 0 radical (unpaired) electrons. The second-order valence-electron chi connectivity index (χ2n) is 4.73. The highest BCUT2D eigenvalue weighted by atomic mass is 35.5. The van der Waals surface area contributed by atoms with Crippen LogP contribution in [0.5, 0.6) is 0 Å². The topological polar surface area (TPSA) is 39.2 Å². The second-order valence-corrected chi connectivity index (χ2v) is 5.17. The minimum absolute atomic E-state index is 0.317. The Labute approximate surface area is 129 Å². The van der Waals surface area contributed by atoms with Gasteiger partial charge in [-0.15, -0.1) is 0 Å². The molecular weight excluding hydrogens is 286 g/mol. The van der Waals surface area contributed by atoms with Crippen LogP contribution in [0.4, 0.5) is 0 Å². The number of hydrogen-bond acceptors (Lipinski definition) is 3. The Hall–Kier alpha value is -1.87. The van der Waals surface area contributed by atoms with Gasteiger partial charge in [-0.25, -0.2) is 4.79 Å². The predicted molar refractivity (Wildman–Crippen MR) is 84.8 cm³/mol. The maximum Gasteiger partial charge on any atom is 0.339 e. The number of hydrogen-bond donors (Lipinski definition) is 0. The molecular formula is C17H18ClNO2. The number of ether oxygens (including phenoxy) is 1. The molecule has 21 heavy (non-hydrogen) atoms. The Kier molecular flexibility index (Phi) is 4.97. The summed E-state index contributed by atoms with van der Waals surface area (Å²) in [6.45, 7) is 6.06. The van der Waals surface area contributed by atoms with Crippen LogP contribution in [0.25, 0.3) is 11.3 Å². The average molecular weight is 304 g/mol. The number of benzene rings is 1. The van der Waals surface area contributed by atoms with Crippen molar-refractivity contribution in [2.75, 3.05) is 6.61 Å². The van der Waals surface area contributed by atoms with Crippen molar-refractivity contribution in [3.05, 3.63) is 52.2 Å². The van der Waals surface area contributed by atoms with E-state index in [1.54, 1.807) is 6.92 Å². The molecule has 0 saturated heterocycles. The highest BCUT2D eigenvalue weighted by Crippen LogP contribution is 2.26. The van der Waals surface area contributed by atoms with Crippen LogP contribution < -0.4 is 0 Å². The Morgan fingerprint density at radius 2 is 2.05 bits per heavy atom. The monoisotopic (exact) mass is 303 g/mol. The molecule has 0 aliphatic rings. The van der Waals surface area contributed by atoms with E-state index in [-0.39, 0.29) is 5.97 Å². The fraction of sp³-hybridized carbons (Fsp3) is 0.294. The predicted octanol–water partition coefficient (Wildman–Crippen LogP) is 4.45. The van der Waals surface area contributed by atoms with Crippen LogP contribution in [0.2, 0.25) is 5.02 Å². The van der Waals surface area contributed by atoms with E-state index >= 15 is 0 Å². The van der Waals surface area contributed by atoms with Crippen molar-refractivity contribution in [2.45, 2.75) is 27.2 Å². The molecule has 4 heteroatoms. The smallest absolute Gasteiger partial charge is 0.339 e. The van der Waals surface area contributed by atoms with E-state index in [4.69, 9.17) is 16.3 Å². The summed E-state index contributed by atoms with van der Waals surface area (Å²) in [5.74, 6) is -0.317. The largest absolute Gasteiger partial charge is 0.462 e. The van der Waals surface area contributed by atoms with Crippen molar-refractivity contribution in [2.24, 2.45) is 0 Å². The molecule has 1 aromatic heterocycles. The summed E-state index contributed by atoms with van der Waals surface area (Å²) in [5.41, 5.74) is 4.02. The number of aromatic nitrogens is 1. The number of aryl methyl sites for hydroxylation is 2. The molecule has 0 N–H and O–H groups in total. The molecule has 0 aliphatic heterocycles. The first-order valence-electron chi connectivity index (χ1n) is 7.00. The highest BCUT2D eigenvalue weighted by Gasteiger charge is 2.16. The fourth-order valence-electron chi connectivity index (χ4n) is 2.23. The number of halogens is 1. The molecule has 3 nitrogen and oxygen atoms in total. The minimum atomic E-state index is -0.317. The molecule has 0 saturated carbocycles. The van der Waals surface area contributed by atoms with E-state index in [0.717, 1.165) is 22.5 Å². The van der Waals surface area contributed by atoms with Crippen molar-refractivity contribution in [1.82, 2.24) is 4.98 Å². The van der Waals surface area contributed by atoms with Gasteiger partial charge in [0, 0.05) is 10.6 Å². The number of esters is 1. The van der Waals surface area contributed by atoms with E-state index in [1.165, 1.54) is 0 Å². The zero-order valence-electron chi connectivity index (χ0n) is 12.4. The summed E-state index contributed by atoms with van der Waals surface area (Å²) < 4.78 is 5.09. The first-order valence-corrected chi connectivity index (χ1v) is 7.38. The van der Waals surface area contributed by atoms with E-state index in [9.17, 15) is 4.79 Å². The van der Waals surface area contributed by atoms with Crippen LogP contribution in [-0.4, -0.2) is 17.6 Å². The van der Waals surface area contributed by atoms with Crippen LogP contribution in [0.15, 0.2) is 30.3 Å². The van der Waals surface area contributed by atoms with Crippen molar-refractivity contribution < 1.29 is 9.53 Å². The maximum absolute atomic E-state index is 12.0. The van der Waals surface area contributed by atoms with Crippen LogP contribution in [0.1, 0.15) is 35.5 Å². The molecule has 2 aromatic rings. The third-order valence-corrected chi connectivity index (χ3v) is 3.46. The van der Waals surface area contributed by atoms with Gasteiger partial charge in [-0.3, -0.25) is 4.98 Å². The van der Waals surface area contributed by atoms with Gasteiger partial charge in [0.2, 0.25) is 0 Å². The van der Waals surface area contributed by atoms with E-state index in [0.29, 0.717) is 23.6 Å². The molecule has 0 unspecified atom stereocenters. The fourth-order valence-corrected chi connectivity index (χ4v) is 2.42. The summed E-state index contributed by atoms with van der Waals surface area (Å²) in [6.07, 6.45) is 0.669. The number of carbonyl (C=O) groups is 1.